The molecule has 7 heteroatoms. The van der Waals surface area contributed by atoms with Gasteiger partial charge in [0.2, 0.25) is 0 Å². The van der Waals surface area contributed by atoms with Gasteiger partial charge in [0.05, 0.1) is 17.7 Å². The minimum Gasteiger partial charge on any atom is -0.393 e. The summed E-state index contributed by atoms with van der Waals surface area (Å²) in [7, 11) is 1.70. The number of likely N-dealkylation sites (tertiary alicyclic amines) is 1. The van der Waals surface area contributed by atoms with Crippen LogP contribution in [0.2, 0.25) is 0 Å². The zero-order valence-electron chi connectivity index (χ0n) is 13.1. The number of aliphatic hydroxyl groups is 1. The zero-order valence-corrected chi connectivity index (χ0v) is 13.1. The van der Waals surface area contributed by atoms with E-state index < -0.39 is 0 Å². The lowest BCUT2D eigenvalue weighted by Crippen LogP contribution is -2.52. The van der Waals surface area contributed by atoms with Crippen LogP contribution in [0.1, 0.15) is 36.2 Å². The van der Waals surface area contributed by atoms with Crippen LogP contribution in [-0.2, 0) is 4.74 Å². The van der Waals surface area contributed by atoms with Gasteiger partial charge in [0.15, 0.2) is 11.3 Å². The van der Waals surface area contributed by atoms with E-state index in [1.165, 1.54) is 0 Å². The lowest BCUT2D eigenvalue weighted by Gasteiger charge is -2.42. The summed E-state index contributed by atoms with van der Waals surface area (Å²) in [6.07, 6.45) is 5.95. The Balaban J connectivity index is 1.65. The molecule has 4 rings (SSSR count). The van der Waals surface area contributed by atoms with Gasteiger partial charge < -0.3 is 14.7 Å². The number of carbonyl (C=O) groups is 1. The SMILES string of the molecule is CO[C@@]12CC[C@@H](O)C[C@@H]1N(C(=O)c1cc3ncccn3n1)CC2. The molecule has 3 atom stereocenters. The average molecular weight is 316 g/mol. The van der Waals surface area contributed by atoms with Crippen LogP contribution in [0.5, 0.6) is 0 Å². The van der Waals surface area contributed by atoms with E-state index >= 15 is 0 Å². The second-order valence-electron chi connectivity index (χ2n) is 6.41. The number of amides is 1. The predicted octanol–water partition coefficient (Wildman–Crippen LogP) is 0.874. The summed E-state index contributed by atoms with van der Waals surface area (Å²) in [5.74, 6) is -0.117. The number of nitrogens with zero attached hydrogens (tertiary/aromatic N) is 4. The van der Waals surface area contributed by atoms with Gasteiger partial charge in [-0.1, -0.05) is 0 Å². The number of rotatable bonds is 2. The molecular weight excluding hydrogens is 296 g/mol. The van der Waals surface area contributed by atoms with E-state index in [9.17, 15) is 9.90 Å². The third-order valence-electron chi connectivity index (χ3n) is 5.28. The molecule has 0 radical (unpaired) electrons. The van der Waals surface area contributed by atoms with E-state index in [4.69, 9.17) is 4.74 Å². The molecule has 7 nitrogen and oxygen atoms in total. The molecule has 1 saturated heterocycles. The first-order valence-corrected chi connectivity index (χ1v) is 7.97. The van der Waals surface area contributed by atoms with Gasteiger partial charge in [0.1, 0.15) is 0 Å². The molecule has 0 aromatic carbocycles. The number of hydrogen-bond donors (Lipinski definition) is 1. The van der Waals surface area contributed by atoms with Crippen LogP contribution in [0.3, 0.4) is 0 Å². The quantitative estimate of drug-likeness (QED) is 0.889. The van der Waals surface area contributed by atoms with Crippen LogP contribution in [0.4, 0.5) is 0 Å². The number of fused-ring (bicyclic) bond motifs is 2. The summed E-state index contributed by atoms with van der Waals surface area (Å²) < 4.78 is 7.38. The number of aliphatic hydroxyl groups excluding tert-OH is 1. The Bertz CT molecular complexity index is 713. The highest BCUT2D eigenvalue weighted by Gasteiger charge is 2.52. The summed E-state index contributed by atoms with van der Waals surface area (Å²) >= 11 is 0. The van der Waals surface area contributed by atoms with Crippen LogP contribution < -0.4 is 0 Å². The van der Waals surface area contributed by atoms with Gasteiger partial charge in [-0.25, -0.2) is 9.50 Å². The van der Waals surface area contributed by atoms with E-state index in [0.29, 0.717) is 24.3 Å². The lowest BCUT2D eigenvalue weighted by atomic mass is 9.79. The molecule has 0 bridgehead atoms. The van der Waals surface area contributed by atoms with E-state index in [1.54, 1.807) is 36.2 Å². The van der Waals surface area contributed by atoms with Crippen LogP contribution in [0.25, 0.3) is 5.65 Å². The van der Waals surface area contributed by atoms with Crippen molar-refractivity contribution >= 4 is 11.6 Å². The third kappa shape index (κ3) is 2.22. The fraction of sp³-hybridized carbons (Fsp3) is 0.562. The van der Waals surface area contributed by atoms with Gasteiger partial charge in [0, 0.05) is 32.1 Å². The van der Waals surface area contributed by atoms with Crippen LogP contribution in [-0.4, -0.2) is 61.9 Å². The van der Waals surface area contributed by atoms with Crippen molar-refractivity contribution < 1.29 is 14.6 Å². The molecule has 2 aromatic heterocycles. The maximum atomic E-state index is 12.9. The number of aromatic nitrogens is 3. The minimum atomic E-state index is -0.376. The Morgan fingerprint density at radius 3 is 3.13 bits per heavy atom. The fourth-order valence-electron chi connectivity index (χ4n) is 4.00. The fourth-order valence-corrected chi connectivity index (χ4v) is 4.00. The Labute approximate surface area is 133 Å². The van der Waals surface area contributed by atoms with Crippen molar-refractivity contribution in [2.45, 2.75) is 43.4 Å². The Morgan fingerprint density at radius 1 is 1.48 bits per heavy atom. The monoisotopic (exact) mass is 316 g/mol. The van der Waals surface area contributed by atoms with Gasteiger partial charge in [0.25, 0.3) is 5.91 Å². The summed E-state index contributed by atoms with van der Waals surface area (Å²) in [6, 6.07) is 3.38. The van der Waals surface area contributed by atoms with Crippen LogP contribution in [0.15, 0.2) is 24.5 Å². The summed E-state index contributed by atoms with van der Waals surface area (Å²) in [5.41, 5.74) is 0.708. The second-order valence-corrected chi connectivity index (χ2v) is 6.41. The van der Waals surface area contributed by atoms with Gasteiger partial charge >= 0.3 is 0 Å². The summed E-state index contributed by atoms with van der Waals surface area (Å²) in [4.78, 5) is 18.9. The Hall–Kier alpha value is -1.99. The number of carbonyl (C=O) groups excluding carboxylic acids is 1. The normalized spacial score (nSPS) is 30.6. The van der Waals surface area contributed by atoms with Gasteiger partial charge in [-0.15, -0.1) is 0 Å². The number of methoxy groups -OCH3 is 1. The van der Waals surface area contributed by atoms with Crippen molar-refractivity contribution in [3.63, 3.8) is 0 Å². The first-order chi connectivity index (χ1) is 11.1. The molecule has 2 fully saturated rings. The van der Waals surface area contributed by atoms with Gasteiger partial charge in [-0.3, -0.25) is 4.79 Å². The van der Waals surface area contributed by atoms with Crippen molar-refractivity contribution in [1.82, 2.24) is 19.5 Å². The summed E-state index contributed by atoms with van der Waals surface area (Å²) in [6.45, 7) is 0.630. The van der Waals surface area contributed by atoms with Crippen molar-refractivity contribution in [3.05, 3.63) is 30.2 Å². The standard InChI is InChI=1S/C16H20N4O3/c1-23-16-4-3-11(21)9-13(16)19(8-5-16)15(22)12-10-14-17-6-2-7-20(14)18-12/h2,6-7,10-11,13,21H,3-5,8-9H2,1H3/t11-,13+,16-/m1/s1. The molecule has 1 N–H and O–H groups in total. The molecule has 2 aromatic rings. The van der Waals surface area contributed by atoms with Crippen molar-refractivity contribution in [1.29, 1.82) is 0 Å². The average Bonchev–Trinajstić information content (AvgIpc) is 3.16. The minimum absolute atomic E-state index is 0.0958. The largest absolute Gasteiger partial charge is 0.393 e. The number of ether oxygens (including phenoxy) is 1. The lowest BCUT2D eigenvalue weighted by molar-refractivity contribution is -0.0824. The molecule has 1 amide bonds. The van der Waals surface area contributed by atoms with E-state index in [2.05, 4.69) is 10.1 Å². The second kappa shape index (κ2) is 5.28. The Morgan fingerprint density at radius 2 is 2.35 bits per heavy atom. The molecule has 0 unspecified atom stereocenters. The maximum absolute atomic E-state index is 12.9. The smallest absolute Gasteiger partial charge is 0.274 e. The molecule has 2 aliphatic rings. The first kappa shape index (κ1) is 14.6. The van der Waals surface area contributed by atoms with Crippen LogP contribution in [0, 0.1) is 0 Å². The highest BCUT2D eigenvalue weighted by molar-refractivity contribution is 5.94. The van der Waals surface area contributed by atoms with Crippen molar-refractivity contribution in [2.75, 3.05) is 13.7 Å². The topological polar surface area (TPSA) is 80.0 Å². The highest BCUT2D eigenvalue weighted by Crippen LogP contribution is 2.42. The zero-order chi connectivity index (χ0) is 16.0. The molecule has 122 valence electrons. The molecular formula is C16H20N4O3. The third-order valence-corrected chi connectivity index (χ3v) is 5.28. The predicted molar refractivity (Wildman–Crippen MR) is 82.0 cm³/mol. The van der Waals surface area contributed by atoms with E-state index in [0.717, 1.165) is 19.3 Å². The Kier molecular flexibility index (Phi) is 3.35. The molecule has 23 heavy (non-hydrogen) atoms. The molecule has 1 saturated carbocycles. The first-order valence-electron chi connectivity index (χ1n) is 7.97. The molecule has 1 aliphatic carbocycles. The highest BCUT2D eigenvalue weighted by atomic mass is 16.5. The van der Waals surface area contributed by atoms with Gasteiger partial charge in [-0.2, -0.15) is 5.10 Å². The van der Waals surface area contributed by atoms with Crippen molar-refractivity contribution in [2.24, 2.45) is 0 Å². The van der Waals surface area contributed by atoms with Gasteiger partial charge in [-0.05, 0) is 31.7 Å². The maximum Gasteiger partial charge on any atom is 0.274 e. The van der Waals surface area contributed by atoms with Crippen molar-refractivity contribution in [3.8, 4) is 0 Å². The number of hydrogen-bond acceptors (Lipinski definition) is 5. The summed E-state index contributed by atoms with van der Waals surface area (Å²) in [5, 5.41) is 14.3. The molecule has 0 spiro atoms. The van der Waals surface area contributed by atoms with E-state index in [-0.39, 0.29) is 23.7 Å². The van der Waals surface area contributed by atoms with Crippen LogP contribution >= 0.6 is 0 Å². The molecule has 3 heterocycles. The van der Waals surface area contributed by atoms with E-state index in [1.807, 2.05) is 4.90 Å². The molecule has 1 aliphatic heterocycles.